The average Bonchev–Trinajstić information content (AvgIpc) is 2.17. The van der Waals surface area contributed by atoms with Gasteiger partial charge in [0, 0.05) is 6.04 Å². The van der Waals surface area contributed by atoms with Crippen molar-refractivity contribution in [2.75, 3.05) is 0 Å². The topological polar surface area (TPSA) is 67.9 Å². The predicted molar refractivity (Wildman–Crippen MR) is 88.6 cm³/mol. The van der Waals surface area contributed by atoms with Crippen LogP contribution in [0.5, 0.6) is 0 Å². The highest BCUT2D eigenvalue weighted by Gasteiger charge is 2.25. The summed E-state index contributed by atoms with van der Waals surface area (Å²) in [6, 6.07) is 2.66. The normalized spacial score (nSPS) is 11.9. The monoisotopic (exact) mass is 328 g/mol. The number of nitrogens with one attached hydrogen (secondary N) is 1. The predicted octanol–water partition coefficient (Wildman–Crippen LogP) is 3.50. The lowest BCUT2D eigenvalue weighted by Gasteiger charge is -2.25. The zero-order valence-electron chi connectivity index (χ0n) is 15.1. The first kappa shape index (κ1) is 20.3. The zero-order chi connectivity index (χ0) is 17.8. The van der Waals surface area contributed by atoms with Crippen LogP contribution in [0, 0.1) is 11.6 Å². The van der Waals surface area contributed by atoms with Gasteiger partial charge in [-0.05, 0) is 41.5 Å². The largest absolute Gasteiger partial charge is 0.443 e. The van der Waals surface area contributed by atoms with E-state index in [4.69, 9.17) is 9.47 Å². The number of hydrazine groups is 1. The molecule has 0 aliphatic rings. The van der Waals surface area contributed by atoms with Crippen molar-refractivity contribution in [3.63, 3.8) is 0 Å². The number of carbonyl (C=O) groups excluding carboxylic acids is 2. The lowest BCUT2D eigenvalue weighted by atomic mass is 10.2. The zero-order valence-corrected chi connectivity index (χ0v) is 16.1. The Bertz CT molecular complexity index is 473. The summed E-state index contributed by atoms with van der Waals surface area (Å²) in [4.78, 5) is 23.9. The van der Waals surface area contributed by atoms with Gasteiger partial charge in [-0.2, -0.15) is 0 Å². The van der Waals surface area contributed by atoms with Crippen LogP contribution >= 0.6 is 0 Å². The quantitative estimate of drug-likeness (QED) is 0.320. The van der Waals surface area contributed by atoms with E-state index in [1.807, 2.05) is 19.6 Å². The van der Waals surface area contributed by atoms with Crippen LogP contribution in [0.15, 0.2) is 0 Å². The van der Waals surface area contributed by atoms with Crippen molar-refractivity contribution in [3.8, 4) is 11.6 Å². The molecule has 6 nitrogen and oxygen atoms in total. The maximum absolute atomic E-state index is 12.1. The lowest BCUT2D eigenvalue weighted by Crippen LogP contribution is -2.47. The molecule has 0 bridgehead atoms. The Morgan fingerprint density at radius 2 is 1.41 bits per heavy atom. The van der Waals surface area contributed by atoms with Crippen LogP contribution in [0.2, 0.25) is 19.6 Å². The van der Waals surface area contributed by atoms with Crippen LogP contribution in [-0.4, -0.2) is 36.5 Å². The van der Waals surface area contributed by atoms with Crippen LogP contribution in [-0.2, 0) is 9.47 Å². The van der Waals surface area contributed by atoms with Crippen LogP contribution in [0.4, 0.5) is 9.59 Å². The van der Waals surface area contributed by atoms with Crippen molar-refractivity contribution < 1.29 is 19.1 Å². The number of ether oxygens (including phenoxy) is 2. The van der Waals surface area contributed by atoms with Gasteiger partial charge < -0.3 is 9.47 Å². The van der Waals surface area contributed by atoms with E-state index in [0.717, 1.165) is 5.01 Å². The third-order valence-electron chi connectivity index (χ3n) is 1.72. The molecule has 1 N–H and O–H groups in total. The number of amides is 2. The molecular weight excluding hydrogens is 300 g/mol. The fourth-order valence-corrected chi connectivity index (χ4v) is 1.49. The van der Waals surface area contributed by atoms with Gasteiger partial charge in [-0.3, -0.25) is 0 Å². The van der Waals surface area contributed by atoms with Gasteiger partial charge in [0.05, 0.1) is 0 Å². The molecule has 0 radical (unpaired) electrons. The summed E-state index contributed by atoms with van der Waals surface area (Å²) in [6.07, 6.45) is -1.51. The van der Waals surface area contributed by atoms with E-state index >= 15 is 0 Å². The maximum Gasteiger partial charge on any atom is 0.441 e. The van der Waals surface area contributed by atoms with Crippen molar-refractivity contribution in [1.82, 2.24) is 10.4 Å². The van der Waals surface area contributed by atoms with Crippen LogP contribution in [0.3, 0.4) is 0 Å². The number of carbonyl (C=O) groups is 2. The first-order valence-electron chi connectivity index (χ1n) is 7.15. The standard InChI is InChI=1S/C15H28N2O4Si/c1-14(2,3)20-12(18)16-17(10-11-22(7,8)9)13(19)21-15(4,5)6/h1-9H3,(H,16,18). The van der Waals surface area contributed by atoms with E-state index in [0.29, 0.717) is 0 Å². The molecule has 0 spiro atoms. The van der Waals surface area contributed by atoms with Crippen molar-refractivity contribution in [1.29, 1.82) is 0 Å². The first-order valence-corrected chi connectivity index (χ1v) is 10.6. The SMILES string of the molecule is CC(C)(C)OC(=O)NN(C#C[Si](C)(C)C)C(=O)OC(C)(C)C. The molecule has 0 saturated heterocycles. The molecular formula is C15H28N2O4Si. The number of nitrogens with zero attached hydrogens (tertiary/aromatic N) is 1. The Hall–Kier alpha value is -1.68. The van der Waals surface area contributed by atoms with Gasteiger partial charge in [-0.25, -0.2) is 15.0 Å². The van der Waals surface area contributed by atoms with Gasteiger partial charge >= 0.3 is 12.2 Å². The summed E-state index contributed by atoms with van der Waals surface area (Å²) < 4.78 is 10.4. The van der Waals surface area contributed by atoms with Crippen molar-refractivity contribution in [2.45, 2.75) is 72.4 Å². The van der Waals surface area contributed by atoms with Crippen molar-refractivity contribution in [3.05, 3.63) is 0 Å². The molecule has 0 aliphatic carbocycles. The Morgan fingerprint density at radius 1 is 0.955 bits per heavy atom. The van der Waals surface area contributed by atoms with E-state index in [1.54, 1.807) is 41.5 Å². The Labute approximate surface area is 134 Å². The summed E-state index contributed by atoms with van der Waals surface area (Å²) in [5.41, 5.74) is 3.96. The molecule has 0 fully saturated rings. The van der Waals surface area contributed by atoms with Crippen LogP contribution in [0.1, 0.15) is 41.5 Å². The minimum atomic E-state index is -1.73. The highest BCUT2D eigenvalue weighted by atomic mass is 28.3. The number of rotatable bonds is 0. The van der Waals surface area contributed by atoms with Gasteiger partial charge in [0.2, 0.25) is 0 Å². The fourth-order valence-electron chi connectivity index (χ4n) is 1.04. The summed E-state index contributed by atoms with van der Waals surface area (Å²) >= 11 is 0. The van der Waals surface area contributed by atoms with E-state index in [-0.39, 0.29) is 0 Å². The van der Waals surface area contributed by atoms with Gasteiger partial charge in [0.25, 0.3) is 0 Å². The molecule has 7 heteroatoms. The van der Waals surface area contributed by atoms with Gasteiger partial charge in [0.1, 0.15) is 19.3 Å². The second kappa shape index (κ2) is 7.05. The molecule has 0 aromatic heterocycles. The van der Waals surface area contributed by atoms with Crippen molar-refractivity contribution in [2.24, 2.45) is 0 Å². The summed E-state index contributed by atoms with van der Waals surface area (Å²) in [6.45, 7) is 16.5. The minimum Gasteiger partial charge on any atom is -0.443 e. The summed E-state index contributed by atoms with van der Waals surface area (Å²) in [7, 11) is -1.73. The first-order chi connectivity index (χ1) is 9.59. The lowest BCUT2D eigenvalue weighted by molar-refractivity contribution is 0.0143. The Morgan fingerprint density at radius 3 is 1.77 bits per heavy atom. The third-order valence-corrected chi connectivity index (χ3v) is 2.58. The minimum absolute atomic E-state index is 0.671. The molecule has 22 heavy (non-hydrogen) atoms. The Balaban J connectivity index is 5.13. The molecule has 2 amide bonds. The highest BCUT2D eigenvalue weighted by Crippen LogP contribution is 2.10. The van der Waals surface area contributed by atoms with Gasteiger partial charge in [0.15, 0.2) is 0 Å². The summed E-state index contributed by atoms with van der Waals surface area (Å²) in [5, 5.41) is 0.845. The molecule has 126 valence electrons. The fraction of sp³-hybridized carbons (Fsp3) is 0.733. The van der Waals surface area contributed by atoms with E-state index in [9.17, 15) is 9.59 Å². The van der Waals surface area contributed by atoms with Crippen LogP contribution < -0.4 is 5.43 Å². The third kappa shape index (κ3) is 11.0. The number of hydrogen-bond donors (Lipinski definition) is 1. The highest BCUT2D eigenvalue weighted by molar-refractivity contribution is 6.83. The second-order valence-corrected chi connectivity index (χ2v) is 12.7. The molecule has 0 unspecified atom stereocenters. The summed E-state index contributed by atoms with van der Waals surface area (Å²) in [5.74, 6) is 0. The van der Waals surface area contributed by atoms with E-state index in [1.165, 1.54) is 0 Å². The van der Waals surface area contributed by atoms with E-state index in [2.05, 4.69) is 17.0 Å². The van der Waals surface area contributed by atoms with Gasteiger partial charge in [-0.1, -0.05) is 19.6 Å². The molecule has 0 atom stereocenters. The molecule has 0 aliphatic heterocycles. The molecule has 0 aromatic rings. The second-order valence-electron chi connectivity index (χ2n) is 7.92. The van der Waals surface area contributed by atoms with Gasteiger partial charge in [-0.15, -0.1) is 10.6 Å². The smallest absolute Gasteiger partial charge is 0.441 e. The molecule has 0 aromatic carbocycles. The maximum atomic E-state index is 12.1. The molecule has 0 heterocycles. The molecule has 0 saturated carbocycles. The Kier molecular flexibility index (Phi) is 6.51. The van der Waals surface area contributed by atoms with E-state index < -0.39 is 31.5 Å². The average molecular weight is 328 g/mol. The van der Waals surface area contributed by atoms with Crippen molar-refractivity contribution >= 4 is 20.3 Å². The molecule has 0 rings (SSSR count). The number of hydrogen-bond acceptors (Lipinski definition) is 4. The van der Waals surface area contributed by atoms with Crippen LogP contribution in [0.25, 0.3) is 0 Å².